The van der Waals surface area contributed by atoms with Crippen LogP contribution < -0.4 is 10.6 Å². The smallest absolute Gasteiger partial charge is 0.326 e. The number of hydrogen-bond donors (Lipinski definition) is 4. The Morgan fingerprint density at radius 2 is 1.95 bits per heavy atom. The Labute approximate surface area is 114 Å². The maximum absolute atomic E-state index is 11.6. The second kappa shape index (κ2) is 7.07. The SMILES string of the molecule is CC(NC(=O)NC(CC(=O)O)C(=O)O)c1ccccn1. The van der Waals surface area contributed by atoms with Gasteiger partial charge in [-0.15, -0.1) is 0 Å². The molecule has 20 heavy (non-hydrogen) atoms. The van der Waals surface area contributed by atoms with Crippen molar-refractivity contribution in [3.8, 4) is 0 Å². The van der Waals surface area contributed by atoms with Crippen LogP contribution in [0.3, 0.4) is 0 Å². The van der Waals surface area contributed by atoms with Gasteiger partial charge in [0.2, 0.25) is 0 Å². The first kappa shape index (κ1) is 15.4. The van der Waals surface area contributed by atoms with E-state index in [1.807, 2.05) is 0 Å². The minimum Gasteiger partial charge on any atom is -0.481 e. The molecule has 0 aliphatic rings. The van der Waals surface area contributed by atoms with E-state index in [1.165, 1.54) is 0 Å². The Balaban J connectivity index is 2.57. The third kappa shape index (κ3) is 4.92. The maximum Gasteiger partial charge on any atom is 0.326 e. The third-order valence-electron chi connectivity index (χ3n) is 2.46. The third-order valence-corrected chi connectivity index (χ3v) is 2.46. The summed E-state index contributed by atoms with van der Waals surface area (Å²) in [6, 6.07) is 2.50. The van der Waals surface area contributed by atoms with Crippen molar-refractivity contribution in [1.82, 2.24) is 15.6 Å². The molecule has 1 heterocycles. The molecule has 2 atom stereocenters. The van der Waals surface area contributed by atoms with E-state index < -0.39 is 36.5 Å². The highest BCUT2D eigenvalue weighted by atomic mass is 16.4. The fourth-order valence-corrected chi connectivity index (χ4v) is 1.48. The molecule has 0 fully saturated rings. The zero-order valence-electron chi connectivity index (χ0n) is 10.7. The van der Waals surface area contributed by atoms with Crippen molar-refractivity contribution in [2.45, 2.75) is 25.4 Å². The number of carbonyl (C=O) groups excluding carboxylic acids is 1. The molecule has 0 aliphatic carbocycles. The van der Waals surface area contributed by atoms with Crippen molar-refractivity contribution in [2.24, 2.45) is 0 Å². The van der Waals surface area contributed by atoms with Gasteiger partial charge in [0.05, 0.1) is 18.2 Å². The molecule has 4 N–H and O–H groups in total. The van der Waals surface area contributed by atoms with Gasteiger partial charge in [-0.1, -0.05) is 6.07 Å². The molecule has 8 heteroatoms. The van der Waals surface area contributed by atoms with Crippen molar-refractivity contribution in [1.29, 1.82) is 0 Å². The standard InChI is InChI=1S/C12H15N3O5/c1-7(8-4-2-3-5-13-8)14-12(20)15-9(11(18)19)6-10(16)17/h2-5,7,9H,6H2,1H3,(H,16,17)(H,18,19)(H2,14,15,20). The lowest BCUT2D eigenvalue weighted by molar-refractivity contribution is -0.145. The van der Waals surface area contributed by atoms with Crippen LogP contribution in [0.5, 0.6) is 0 Å². The minimum absolute atomic E-state index is 0.435. The van der Waals surface area contributed by atoms with Crippen molar-refractivity contribution in [3.05, 3.63) is 30.1 Å². The predicted molar refractivity (Wildman–Crippen MR) is 68.0 cm³/mol. The first-order valence-corrected chi connectivity index (χ1v) is 5.82. The molecule has 0 spiro atoms. The van der Waals surface area contributed by atoms with Crippen LogP contribution >= 0.6 is 0 Å². The molecule has 2 unspecified atom stereocenters. The van der Waals surface area contributed by atoms with Gasteiger partial charge in [-0.25, -0.2) is 9.59 Å². The number of pyridine rings is 1. The number of carboxylic acids is 2. The lowest BCUT2D eigenvalue weighted by Gasteiger charge is -2.17. The number of urea groups is 1. The Hall–Kier alpha value is -2.64. The number of nitrogens with one attached hydrogen (secondary N) is 2. The monoisotopic (exact) mass is 281 g/mol. The minimum atomic E-state index is -1.48. The molecule has 108 valence electrons. The molecule has 8 nitrogen and oxygen atoms in total. The molecular formula is C12H15N3O5. The van der Waals surface area contributed by atoms with Crippen LogP contribution in [0, 0.1) is 0 Å². The van der Waals surface area contributed by atoms with Gasteiger partial charge in [-0.05, 0) is 19.1 Å². The average Bonchev–Trinajstić information content (AvgIpc) is 2.38. The van der Waals surface area contributed by atoms with E-state index in [0.29, 0.717) is 5.69 Å². The Bertz CT molecular complexity index is 491. The first-order chi connectivity index (χ1) is 9.40. The van der Waals surface area contributed by atoms with Gasteiger partial charge in [-0.3, -0.25) is 9.78 Å². The van der Waals surface area contributed by atoms with E-state index in [-0.39, 0.29) is 0 Å². The zero-order chi connectivity index (χ0) is 15.1. The van der Waals surface area contributed by atoms with Gasteiger partial charge in [0.25, 0.3) is 0 Å². The molecule has 0 saturated heterocycles. The zero-order valence-corrected chi connectivity index (χ0v) is 10.7. The molecule has 0 saturated carbocycles. The van der Waals surface area contributed by atoms with Crippen LogP contribution in [-0.2, 0) is 9.59 Å². The van der Waals surface area contributed by atoms with Crippen LogP contribution in [-0.4, -0.2) is 39.2 Å². The number of aliphatic carboxylic acids is 2. The summed E-state index contributed by atoms with van der Waals surface area (Å²) in [5, 5.41) is 21.9. The highest BCUT2D eigenvalue weighted by Gasteiger charge is 2.23. The Morgan fingerprint density at radius 1 is 1.25 bits per heavy atom. The number of carboxylic acid groups (broad SMARTS) is 2. The van der Waals surface area contributed by atoms with E-state index in [0.717, 1.165) is 0 Å². The number of carbonyl (C=O) groups is 3. The van der Waals surface area contributed by atoms with Crippen LogP contribution in [0.25, 0.3) is 0 Å². The summed E-state index contributed by atoms with van der Waals surface area (Å²) in [5.41, 5.74) is 0.604. The summed E-state index contributed by atoms with van der Waals surface area (Å²) in [6.07, 6.45) is 0.872. The second-order valence-corrected chi connectivity index (χ2v) is 4.08. The summed E-state index contributed by atoms with van der Waals surface area (Å²) in [7, 11) is 0. The highest BCUT2D eigenvalue weighted by Crippen LogP contribution is 2.07. The topological polar surface area (TPSA) is 129 Å². The fourth-order valence-electron chi connectivity index (χ4n) is 1.48. The van der Waals surface area contributed by atoms with Crippen molar-refractivity contribution < 1.29 is 24.6 Å². The van der Waals surface area contributed by atoms with E-state index >= 15 is 0 Å². The van der Waals surface area contributed by atoms with E-state index in [9.17, 15) is 14.4 Å². The quantitative estimate of drug-likeness (QED) is 0.596. The lowest BCUT2D eigenvalue weighted by Crippen LogP contribution is -2.47. The van der Waals surface area contributed by atoms with Gasteiger partial charge in [0.1, 0.15) is 6.04 Å². The molecule has 1 aromatic heterocycles. The van der Waals surface area contributed by atoms with Crippen molar-refractivity contribution in [3.63, 3.8) is 0 Å². The van der Waals surface area contributed by atoms with Crippen LogP contribution in [0.1, 0.15) is 25.1 Å². The second-order valence-electron chi connectivity index (χ2n) is 4.08. The summed E-state index contributed by atoms with van der Waals surface area (Å²) >= 11 is 0. The summed E-state index contributed by atoms with van der Waals surface area (Å²) in [6.45, 7) is 1.68. The molecular weight excluding hydrogens is 266 g/mol. The van der Waals surface area contributed by atoms with Crippen LogP contribution in [0.4, 0.5) is 4.79 Å². The molecule has 0 bridgehead atoms. The number of nitrogens with zero attached hydrogens (tertiary/aromatic N) is 1. The Morgan fingerprint density at radius 3 is 2.45 bits per heavy atom. The van der Waals surface area contributed by atoms with Gasteiger partial charge >= 0.3 is 18.0 Å². The number of amides is 2. The average molecular weight is 281 g/mol. The van der Waals surface area contributed by atoms with Gasteiger partial charge in [-0.2, -0.15) is 0 Å². The van der Waals surface area contributed by atoms with Gasteiger partial charge in [0, 0.05) is 6.20 Å². The molecule has 1 aromatic rings. The maximum atomic E-state index is 11.6. The van der Waals surface area contributed by atoms with Crippen molar-refractivity contribution >= 4 is 18.0 Å². The predicted octanol–water partition coefficient (Wildman–Crippen LogP) is 0.370. The highest BCUT2D eigenvalue weighted by molar-refractivity contribution is 5.86. The fraction of sp³-hybridized carbons (Fsp3) is 0.333. The summed E-state index contributed by atoms with van der Waals surface area (Å²) in [5.74, 6) is -2.72. The molecule has 0 radical (unpaired) electrons. The summed E-state index contributed by atoms with van der Waals surface area (Å²) in [4.78, 5) is 37.0. The first-order valence-electron chi connectivity index (χ1n) is 5.82. The van der Waals surface area contributed by atoms with E-state index in [2.05, 4.69) is 15.6 Å². The van der Waals surface area contributed by atoms with Gasteiger partial charge in [0.15, 0.2) is 0 Å². The Kier molecular flexibility index (Phi) is 5.45. The number of aromatic nitrogens is 1. The van der Waals surface area contributed by atoms with Crippen LogP contribution in [0.15, 0.2) is 24.4 Å². The normalized spacial score (nSPS) is 13.1. The number of hydrogen-bond acceptors (Lipinski definition) is 4. The van der Waals surface area contributed by atoms with E-state index in [1.54, 1.807) is 31.3 Å². The van der Waals surface area contributed by atoms with Crippen molar-refractivity contribution in [2.75, 3.05) is 0 Å². The largest absolute Gasteiger partial charge is 0.481 e. The molecule has 0 aliphatic heterocycles. The molecule has 1 rings (SSSR count). The summed E-state index contributed by atoms with van der Waals surface area (Å²) < 4.78 is 0. The van der Waals surface area contributed by atoms with E-state index in [4.69, 9.17) is 10.2 Å². The molecule has 0 aromatic carbocycles. The van der Waals surface area contributed by atoms with Crippen LogP contribution in [0.2, 0.25) is 0 Å². The van der Waals surface area contributed by atoms with Gasteiger partial charge < -0.3 is 20.8 Å². The lowest BCUT2D eigenvalue weighted by atomic mass is 10.2. The number of rotatable bonds is 6. The molecule has 2 amide bonds.